The van der Waals surface area contributed by atoms with Crippen LogP contribution < -0.4 is 28.5 Å². The van der Waals surface area contributed by atoms with E-state index in [1.807, 2.05) is 0 Å². The van der Waals surface area contributed by atoms with Crippen molar-refractivity contribution in [3.8, 4) is 0 Å². The zero-order chi connectivity index (χ0) is 11.2. The molecule has 7 heteroatoms. The number of aromatic nitrogens is 3. The second-order valence-corrected chi connectivity index (χ2v) is 3.32. The maximum atomic E-state index is 12.5. The van der Waals surface area contributed by atoms with Crippen molar-refractivity contribution < 1.29 is 41.7 Å². The van der Waals surface area contributed by atoms with E-state index in [1.54, 1.807) is 29.9 Å². The highest BCUT2D eigenvalue weighted by Crippen LogP contribution is 2.29. The molecule has 0 N–H and O–H groups in total. The molecule has 0 atom stereocenters. The van der Waals surface area contributed by atoms with Crippen LogP contribution in [0.5, 0.6) is 0 Å². The van der Waals surface area contributed by atoms with Crippen LogP contribution in [0.15, 0.2) is 18.3 Å². The highest BCUT2D eigenvalue weighted by molar-refractivity contribution is 5.68. The van der Waals surface area contributed by atoms with Crippen molar-refractivity contribution in [2.75, 3.05) is 0 Å². The Morgan fingerprint density at radius 2 is 2.00 bits per heavy atom. The fourth-order valence-electron chi connectivity index (χ4n) is 1.53. The van der Waals surface area contributed by atoms with Gasteiger partial charge in [0.1, 0.15) is 5.52 Å². The number of fused-ring (bicyclic) bond motifs is 1. The molecule has 88 valence electrons. The number of alkyl halides is 3. The summed E-state index contributed by atoms with van der Waals surface area (Å²) in [4.78, 5) is 3.58. The van der Waals surface area contributed by atoms with Crippen molar-refractivity contribution in [2.45, 2.75) is 6.18 Å². The van der Waals surface area contributed by atoms with E-state index in [0.29, 0.717) is 11.2 Å². The minimum atomic E-state index is -4.42. The molecule has 0 unspecified atom stereocenters. The largest absolute Gasteiger partial charge is 1.00 e. The van der Waals surface area contributed by atoms with Crippen LogP contribution in [-0.4, -0.2) is 9.55 Å². The van der Waals surface area contributed by atoms with E-state index >= 15 is 0 Å². The van der Waals surface area contributed by atoms with Gasteiger partial charge in [0.05, 0.1) is 13.2 Å². The normalized spacial score (nSPS) is 11.6. The summed E-state index contributed by atoms with van der Waals surface area (Å²) in [6, 6.07) is 3.29. The third-order valence-electron chi connectivity index (χ3n) is 2.27. The molecule has 0 radical (unpaired) electrons. The predicted molar refractivity (Wildman–Crippen MR) is 46.9 cm³/mol. The molecule has 0 bridgehead atoms. The molecule has 3 nitrogen and oxygen atoms in total. The first-order chi connectivity index (χ1) is 6.91. The SMILES string of the molecule is Cn1c(C(F)(F)F)nc2c1ccc[n+]2C.[I-]. The number of halogens is 4. The molecule has 0 aliphatic heterocycles. The monoisotopic (exact) mass is 343 g/mol. The van der Waals surface area contributed by atoms with Gasteiger partial charge in [0.15, 0.2) is 0 Å². The summed E-state index contributed by atoms with van der Waals surface area (Å²) < 4.78 is 40.2. The standard InChI is InChI=1S/C9H9F3N3.HI/c1-14-5-3-4-6-7(14)13-8(15(6)2)9(10,11)12;/h3-5H,1-2H3;1H/q+1;/p-1. The van der Waals surface area contributed by atoms with E-state index in [1.165, 1.54) is 7.05 Å². The van der Waals surface area contributed by atoms with Gasteiger partial charge in [-0.25, -0.2) is 4.57 Å². The molecule has 0 aliphatic rings. The van der Waals surface area contributed by atoms with Crippen molar-refractivity contribution in [2.24, 2.45) is 14.1 Å². The van der Waals surface area contributed by atoms with Gasteiger partial charge in [-0.2, -0.15) is 13.2 Å². The fraction of sp³-hybridized carbons (Fsp3) is 0.333. The van der Waals surface area contributed by atoms with Crippen LogP contribution in [0.4, 0.5) is 13.2 Å². The van der Waals surface area contributed by atoms with Crippen LogP contribution in [-0.2, 0) is 20.3 Å². The quantitative estimate of drug-likeness (QED) is 0.418. The van der Waals surface area contributed by atoms with E-state index in [4.69, 9.17) is 0 Å². The van der Waals surface area contributed by atoms with Crippen LogP contribution in [0.2, 0.25) is 0 Å². The van der Waals surface area contributed by atoms with Gasteiger partial charge in [-0.1, -0.05) is 0 Å². The number of rotatable bonds is 0. The number of nitrogens with zero attached hydrogens (tertiary/aromatic N) is 3. The molecule has 2 aromatic heterocycles. The van der Waals surface area contributed by atoms with Gasteiger partial charge < -0.3 is 24.0 Å². The smallest absolute Gasteiger partial charge is 0.475 e. The van der Waals surface area contributed by atoms with E-state index in [2.05, 4.69) is 4.98 Å². The van der Waals surface area contributed by atoms with Crippen LogP contribution in [0, 0.1) is 0 Å². The van der Waals surface area contributed by atoms with Gasteiger partial charge in [0.2, 0.25) is 0 Å². The lowest BCUT2D eigenvalue weighted by atomic mass is 10.4. The molecule has 0 saturated carbocycles. The average Bonchev–Trinajstić information content (AvgIpc) is 2.45. The molecule has 2 heterocycles. The lowest BCUT2D eigenvalue weighted by Gasteiger charge is -2.00. The molecule has 0 fully saturated rings. The maximum Gasteiger partial charge on any atom is 0.475 e. The van der Waals surface area contributed by atoms with E-state index in [9.17, 15) is 13.2 Å². The molecule has 0 saturated heterocycles. The lowest BCUT2D eigenvalue weighted by molar-refractivity contribution is -0.646. The second-order valence-electron chi connectivity index (χ2n) is 3.32. The Morgan fingerprint density at radius 1 is 1.38 bits per heavy atom. The molecular weight excluding hydrogens is 334 g/mol. The van der Waals surface area contributed by atoms with Crippen LogP contribution in [0.3, 0.4) is 0 Å². The van der Waals surface area contributed by atoms with Gasteiger partial charge >= 0.3 is 17.6 Å². The molecule has 2 rings (SSSR count). The summed E-state index contributed by atoms with van der Waals surface area (Å²) >= 11 is 0. The minimum absolute atomic E-state index is 0. The van der Waals surface area contributed by atoms with Gasteiger partial charge in [-0.05, 0) is 17.1 Å². The van der Waals surface area contributed by atoms with Crippen LogP contribution >= 0.6 is 0 Å². The zero-order valence-electron chi connectivity index (χ0n) is 8.59. The molecular formula is C9H9F3IN3. The van der Waals surface area contributed by atoms with E-state index in [-0.39, 0.29) is 24.0 Å². The molecule has 16 heavy (non-hydrogen) atoms. The van der Waals surface area contributed by atoms with Gasteiger partial charge in [0.25, 0.3) is 0 Å². The third kappa shape index (κ3) is 2.00. The molecule has 0 amide bonds. The number of imidazole rings is 1. The van der Waals surface area contributed by atoms with Crippen LogP contribution in [0.25, 0.3) is 11.2 Å². The van der Waals surface area contributed by atoms with Crippen molar-refractivity contribution in [1.82, 2.24) is 9.55 Å². The highest BCUT2D eigenvalue weighted by atomic mass is 127. The Balaban J connectivity index is 0.00000128. The van der Waals surface area contributed by atoms with Gasteiger partial charge in [-0.3, -0.25) is 4.57 Å². The second kappa shape index (κ2) is 4.19. The lowest BCUT2D eigenvalue weighted by Crippen LogP contribution is -3.00. The molecule has 2 aromatic rings. The zero-order valence-corrected chi connectivity index (χ0v) is 10.7. The van der Waals surface area contributed by atoms with Crippen molar-refractivity contribution >= 4 is 11.2 Å². The summed E-state index contributed by atoms with van der Waals surface area (Å²) in [5.74, 6) is -0.876. The summed E-state index contributed by atoms with van der Waals surface area (Å²) in [5, 5.41) is 0. The Hall–Kier alpha value is -0.860. The summed E-state index contributed by atoms with van der Waals surface area (Å²) in [6.07, 6.45) is -2.75. The maximum absolute atomic E-state index is 12.5. The first-order valence-electron chi connectivity index (χ1n) is 4.29. The first kappa shape index (κ1) is 13.2. The summed E-state index contributed by atoms with van der Waals surface area (Å²) in [6.45, 7) is 0. The third-order valence-corrected chi connectivity index (χ3v) is 2.27. The number of pyridine rings is 1. The van der Waals surface area contributed by atoms with E-state index in [0.717, 1.165) is 4.57 Å². The predicted octanol–water partition coefficient (Wildman–Crippen LogP) is -1.58. The van der Waals surface area contributed by atoms with Crippen molar-refractivity contribution in [3.05, 3.63) is 24.2 Å². The Kier molecular flexibility index (Phi) is 3.46. The summed E-state index contributed by atoms with van der Waals surface area (Å²) in [5.41, 5.74) is 0.791. The molecule has 0 spiro atoms. The Bertz CT molecular complexity index is 518. The topological polar surface area (TPSA) is 21.7 Å². The first-order valence-corrected chi connectivity index (χ1v) is 4.29. The Morgan fingerprint density at radius 3 is 2.50 bits per heavy atom. The fourth-order valence-corrected chi connectivity index (χ4v) is 1.53. The molecule has 0 aromatic carbocycles. The van der Waals surface area contributed by atoms with Gasteiger partial charge in [0, 0.05) is 7.05 Å². The average molecular weight is 343 g/mol. The number of aryl methyl sites for hydroxylation is 2. The van der Waals surface area contributed by atoms with Crippen molar-refractivity contribution in [1.29, 1.82) is 0 Å². The highest BCUT2D eigenvalue weighted by Gasteiger charge is 2.42. The summed E-state index contributed by atoms with van der Waals surface area (Å²) in [7, 11) is 3.02. The van der Waals surface area contributed by atoms with Crippen LogP contribution in [0.1, 0.15) is 5.82 Å². The number of hydrogen-bond donors (Lipinski definition) is 0. The van der Waals surface area contributed by atoms with Gasteiger partial charge in [-0.15, -0.1) is 0 Å². The minimum Gasteiger partial charge on any atom is -1.00 e. The molecule has 0 aliphatic carbocycles. The number of hydrogen-bond acceptors (Lipinski definition) is 1. The van der Waals surface area contributed by atoms with Crippen molar-refractivity contribution in [3.63, 3.8) is 0 Å². The Labute approximate surface area is 107 Å². The van der Waals surface area contributed by atoms with E-state index < -0.39 is 12.0 Å².